The molecule has 108 valence electrons. The Bertz CT molecular complexity index is 927. The first-order valence-electron chi connectivity index (χ1n) is 6.94. The number of fused-ring (bicyclic) bond motifs is 1. The van der Waals surface area contributed by atoms with E-state index in [0.29, 0.717) is 0 Å². The van der Waals surface area contributed by atoms with E-state index in [9.17, 15) is 0 Å². The molecule has 1 N–H and O–H groups in total. The lowest BCUT2D eigenvalue weighted by Crippen LogP contribution is -1.82. The van der Waals surface area contributed by atoms with Crippen LogP contribution in [0, 0.1) is 6.92 Å². The van der Waals surface area contributed by atoms with Gasteiger partial charge in [0.05, 0.1) is 5.69 Å². The van der Waals surface area contributed by atoms with Gasteiger partial charge in [-0.2, -0.15) is 0 Å². The zero-order valence-corrected chi connectivity index (χ0v) is 12.7. The van der Waals surface area contributed by atoms with Crippen LogP contribution in [0.3, 0.4) is 0 Å². The van der Waals surface area contributed by atoms with E-state index >= 15 is 0 Å². The lowest BCUT2D eigenvalue weighted by Gasteiger charge is -2.04. The van der Waals surface area contributed by atoms with Crippen molar-refractivity contribution < 1.29 is 4.74 Å². The van der Waals surface area contributed by atoms with Crippen LogP contribution in [-0.4, -0.2) is 15.2 Å². The Morgan fingerprint density at radius 3 is 2.59 bits per heavy atom. The predicted octanol–water partition coefficient (Wildman–Crippen LogP) is 4.79. The molecule has 0 amide bonds. The molecule has 0 atom stereocenters. The van der Waals surface area contributed by atoms with Gasteiger partial charge in [-0.25, -0.2) is 0 Å². The van der Waals surface area contributed by atoms with E-state index in [1.54, 1.807) is 11.3 Å². The summed E-state index contributed by atoms with van der Waals surface area (Å²) in [5, 5.41) is 11.2. The molecule has 2 aromatic carbocycles. The minimum Gasteiger partial charge on any atom is -0.457 e. The van der Waals surface area contributed by atoms with E-state index < -0.39 is 0 Å². The SMILES string of the molecule is Cc1nnc(-c2cc3cc(Oc4ccccc4)ccc3[nH]2)s1. The Morgan fingerprint density at radius 1 is 0.955 bits per heavy atom. The number of hydrogen-bond donors (Lipinski definition) is 1. The molecule has 0 aliphatic rings. The number of benzene rings is 2. The fourth-order valence-corrected chi connectivity index (χ4v) is 2.98. The van der Waals surface area contributed by atoms with Crippen molar-refractivity contribution >= 4 is 22.2 Å². The fraction of sp³-hybridized carbons (Fsp3) is 0.0588. The first-order valence-corrected chi connectivity index (χ1v) is 7.76. The minimum atomic E-state index is 0.817. The van der Waals surface area contributed by atoms with Gasteiger partial charge in [0.1, 0.15) is 16.5 Å². The van der Waals surface area contributed by atoms with Crippen molar-refractivity contribution in [2.45, 2.75) is 6.92 Å². The molecule has 0 saturated carbocycles. The van der Waals surface area contributed by atoms with Gasteiger partial charge in [-0.05, 0) is 43.3 Å². The number of H-pyrrole nitrogens is 1. The van der Waals surface area contributed by atoms with Crippen molar-refractivity contribution in [3.05, 3.63) is 59.6 Å². The van der Waals surface area contributed by atoms with Crippen LogP contribution in [0.25, 0.3) is 21.6 Å². The number of nitrogens with zero attached hydrogens (tertiary/aromatic N) is 2. The maximum atomic E-state index is 5.87. The molecular weight excluding hydrogens is 294 g/mol. The van der Waals surface area contributed by atoms with Gasteiger partial charge in [-0.15, -0.1) is 10.2 Å². The number of ether oxygens (including phenoxy) is 1. The first kappa shape index (κ1) is 13.0. The van der Waals surface area contributed by atoms with Gasteiger partial charge in [0.25, 0.3) is 0 Å². The summed E-state index contributed by atoms with van der Waals surface area (Å²) in [6.07, 6.45) is 0. The molecule has 0 aliphatic carbocycles. The third-order valence-corrected chi connectivity index (χ3v) is 4.20. The standard InChI is InChI=1S/C17H13N3OS/c1-11-19-20-17(22-11)16-10-12-9-14(7-8-15(12)18-16)21-13-5-3-2-4-6-13/h2-10,18H,1H3. The molecule has 0 unspecified atom stereocenters. The van der Waals surface area contributed by atoms with E-state index in [1.165, 1.54) is 0 Å². The third kappa shape index (κ3) is 2.46. The topological polar surface area (TPSA) is 50.8 Å². The summed E-state index contributed by atoms with van der Waals surface area (Å²) in [5.74, 6) is 1.65. The second kappa shape index (κ2) is 5.27. The van der Waals surface area contributed by atoms with Crippen LogP contribution in [0.5, 0.6) is 11.5 Å². The Labute approximate surface area is 131 Å². The number of aromatic amines is 1. The van der Waals surface area contributed by atoms with E-state index in [2.05, 4.69) is 21.2 Å². The van der Waals surface area contributed by atoms with Gasteiger partial charge < -0.3 is 9.72 Å². The highest BCUT2D eigenvalue weighted by molar-refractivity contribution is 7.14. The molecule has 0 radical (unpaired) electrons. The smallest absolute Gasteiger partial charge is 0.164 e. The van der Waals surface area contributed by atoms with Crippen LogP contribution < -0.4 is 4.74 Å². The maximum absolute atomic E-state index is 5.87. The van der Waals surface area contributed by atoms with Crippen molar-refractivity contribution in [1.82, 2.24) is 15.2 Å². The largest absolute Gasteiger partial charge is 0.457 e. The Balaban J connectivity index is 1.69. The Hall–Kier alpha value is -2.66. The average molecular weight is 307 g/mol. The second-order valence-corrected chi connectivity index (χ2v) is 6.16. The van der Waals surface area contributed by atoms with E-state index in [-0.39, 0.29) is 0 Å². The Morgan fingerprint density at radius 2 is 1.82 bits per heavy atom. The highest BCUT2D eigenvalue weighted by atomic mass is 32.1. The molecule has 4 aromatic rings. The van der Waals surface area contributed by atoms with Crippen LogP contribution in [0.4, 0.5) is 0 Å². The van der Waals surface area contributed by atoms with Crippen LogP contribution in [0.15, 0.2) is 54.6 Å². The number of aryl methyl sites for hydroxylation is 1. The van der Waals surface area contributed by atoms with Crippen LogP contribution in [-0.2, 0) is 0 Å². The highest BCUT2D eigenvalue weighted by Gasteiger charge is 2.09. The summed E-state index contributed by atoms with van der Waals surface area (Å²) < 4.78 is 5.87. The number of hydrogen-bond acceptors (Lipinski definition) is 4. The molecule has 0 spiro atoms. The Kier molecular flexibility index (Phi) is 3.12. The average Bonchev–Trinajstić information content (AvgIpc) is 3.14. The zero-order chi connectivity index (χ0) is 14.9. The lowest BCUT2D eigenvalue weighted by atomic mass is 10.2. The molecule has 0 saturated heterocycles. The normalized spacial score (nSPS) is 11.0. The van der Waals surface area contributed by atoms with Crippen molar-refractivity contribution in [2.75, 3.05) is 0 Å². The summed E-state index contributed by atoms with van der Waals surface area (Å²) in [6.45, 7) is 1.95. The summed E-state index contributed by atoms with van der Waals surface area (Å²) in [4.78, 5) is 3.37. The molecule has 4 nitrogen and oxygen atoms in total. The molecule has 4 rings (SSSR count). The number of para-hydroxylation sites is 1. The quantitative estimate of drug-likeness (QED) is 0.592. The van der Waals surface area contributed by atoms with Crippen LogP contribution >= 0.6 is 11.3 Å². The van der Waals surface area contributed by atoms with Crippen molar-refractivity contribution in [3.63, 3.8) is 0 Å². The fourth-order valence-electron chi connectivity index (χ4n) is 2.32. The molecule has 0 aliphatic heterocycles. The monoisotopic (exact) mass is 307 g/mol. The van der Waals surface area contributed by atoms with Gasteiger partial charge in [-0.1, -0.05) is 29.5 Å². The summed E-state index contributed by atoms with van der Waals surface area (Å²) in [5.41, 5.74) is 2.04. The van der Waals surface area contributed by atoms with E-state index in [1.807, 2.05) is 55.5 Å². The van der Waals surface area contributed by atoms with Gasteiger partial charge in [0.15, 0.2) is 5.01 Å². The molecule has 0 fully saturated rings. The number of rotatable bonds is 3. The van der Waals surface area contributed by atoms with Crippen LogP contribution in [0.2, 0.25) is 0 Å². The van der Waals surface area contributed by atoms with E-state index in [0.717, 1.165) is 38.1 Å². The van der Waals surface area contributed by atoms with Gasteiger partial charge in [0, 0.05) is 10.9 Å². The lowest BCUT2D eigenvalue weighted by molar-refractivity contribution is 0.483. The first-order chi connectivity index (χ1) is 10.8. The summed E-state index contributed by atoms with van der Waals surface area (Å²) in [7, 11) is 0. The van der Waals surface area contributed by atoms with Gasteiger partial charge in [-0.3, -0.25) is 0 Å². The highest BCUT2D eigenvalue weighted by Crippen LogP contribution is 2.30. The molecule has 22 heavy (non-hydrogen) atoms. The van der Waals surface area contributed by atoms with E-state index in [4.69, 9.17) is 4.74 Å². The molecule has 2 heterocycles. The minimum absolute atomic E-state index is 0.817. The van der Waals surface area contributed by atoms with Gasteiger partial charge in [0.2, 0.25) is 0 Å². The molecule has 2 aromatic heterocycles. The van der Waals surface area contributed by atoms with Gasteiger partial charge >= 0.3 is 0 Å². The summed E-state index contributed by atoms with van der Waals surface area (Å²) in [6, 6.07) is 17.8. The van der Waals surface area contributed by atoms with Crippen molar-refractivity contribution in [3.8, 4) is 22.2 Å². The zero-order valence-electron chi connectivity index (χ0n) is 11.9. The van der Waals surface area contributed by atoms with Crippen molar-refractivity contribution in [1.29, 1.82) is 0 Å². The number of nitrogens with one attached hydrogen (secondary N) is 1. The second-order valence-electron chi connectivity index (χ2n) is 4.97. The maximum Gasteiger partial charge on any atom is 0.164 e. The molecule has 5 heteroatoms. The molecule has 0 bridgehead atoms. The predicted molar refractivity (Wildman–Crippen MR) is 88.5 cm³/mol. The third-order valence-electron chi connectivity index (χ3n) is 3.33. The number of aromatic nitrogens is 3. The van der Waals surface area contributed by atoms with Crippen molar-refractivity contribution in [2.24, 2.45) is 0 Å². The van der Waals surface area contributed by atoms with Crippen LogP contribution in [0.1, 0.15) is 5.01 Å². The molecular formula is C17H13N3OS. The summed E-state index contributed by atoms with van der Waals surface area (Å²) >= 11 is 1.58.